The van der Waals surface area contributed by atoms with Gasteiger partial charge in [-0.1, -0.05) is 78.4 Å². The fraction of sp³-hybridized carbons (Fsp3) is 0.296. The summed E-state index contributed by atoms with van der Waals surface area (Å²) in [7, 11) is -4.51. The third kappa shape index (κ3) is 6.19. The predicted octanol–water partition coefficient (Wildman–Crippen LogP) is 4.94. The molecule has 3 atom stereocenters. The summed E-state index contributed by atoms with van der Waals surface area (Å²) >= 11 is 0. The number of sulfone groups is 1. The van der Waals surface area contributed by atoms with Gasteiger partial charge in [-0.3, -0.25) is 4.79 Å². The molecule has 0 fully saturated rings. The van der Waals surface area contributed by atoms with Gasteiger partial charge in [0.1, 0.15) is 0 Å². The van der Waals surface area contributed by atoms with Gasteiger partial charge in [0.2, 0.25) is 0 Å². The van der Waals surface area contributed by atoms with Crippen molar-refractivity contribution in [1.29, 1.82) is 0 Å². The number of alkyl halides is 4. The molecular formula is C27H27F4NO4S. The zero-order valence-electron chi connectivity index (χ0n) is 20.1. The summed E-state index contributed by atoms with van der Waals surface area (Å²) in [5.74, 6) is -6.19. The molecule has 0 saturated heterocycles. The van der Waals surface area contributed by atoms with E-state index in [1.807, 2.05) is 0 Å². The number of aliphatic hydroxyl groups is 1. The second-order valence-electron chi connectivity index (χ2n) is 8.88. The Labute approximate surface area is 213 Å². The molecule has 0 radical (unpaired) electrons. The van der Waals surface area contributed by atoms with Gasteiger partial charge in [-0.05, 0) is 37.1 Å². The summed E-state index contributed by atoms with van der Waals surface area (Å²) in [6.45, 7) is 2.51. The van der Waals surface area contributed by atoms with E-state index in [0.29, 0.717) is 16.7 Å². The van der Waals surface area contributed by atoms with Crippen LogP contribution in [0.15, 0.2) is 89.8 Å². The molecule has 0 bridgehead atoms. The number of aliphatic hydroxyl groups excluding tert-OH is 1. The van der Waals surface area contributed by atoms with Gasteiger partial charge in [-0.15, -0.1) is 0 Å². The molecule has 0 saturated carbocycles. The van der Waals surface area contributed by atoms with Gasteiger partial charge in [0.25, 0.3) is 11.6 Å². The van der Waals surface area contributed by atoms with E-state index in [0.717, 1.165) is 6.92 Å². The van der Waals surface area contributed by atoms with Crippen LogP contribution in [0.4, 0.5) is 17.6 Å². The van der Waals surface area contributed by atoms with E-state index >= 15 is 4.39 Å². The van der Waals surface area contributed by atoms with Gasteiger partial charge in [-0.2, -0.15) is 13.2 Å². The second kappa shape index (κ2) is 11.0. The van der Waals surface area contributed by atoms with Crippen LogP contribution in [0.25, 0.3) is 0 Å². The normalized spacial score (nSPS) is 15.6. The number of benzene rings is 3. The van der Waals surface area contributed by atoms with E-state index in [9.17, 15) is 31.5 Å². The number of halogens is 4. The molecule has 198 valence electrons. The van der Waals surface area contributed by atoms with Crippen LogP contribution in [0, 0.1) is 12.8 Å². The van der Waals surface area contributed by atoms with Crippen molar-refractivity contribution in [3.63, 3.8) is 0 Å². The highest BCUT2D eigenvalue weighted by molar-refractivity contribution is 7.91. The molecule has 3 aromatic rings. The quantitative estimate of drug-likeness (QED) is 0.379. The molecule has 5 nitrogen and oxygen atoms in total. The Balaban J connectivity index is 2.05. The van der Waals surface area contributed by atoms with Gasteiger partial charge in [0, 0.05) is 0 Å². The van der Waals surface area contributed by atoms with Crippen molar-refractivity contribution in [2.24, 2.45) is 5.92 Å². The highest BCUT2D eigenvalue weighted by Crippen LogP contribution is 2.43. The molecule has 0 aliphatic heterocycles. The topological polar surface area (TPSA) is 83.5 Å². The number of hydrogen-bond donors (Lipinski definition) is 2. The van der Waals surface area contributed by atoms with Crippen LogP contribution < -0.4 is 5.32 Å². The summed E-state index contributed by atoms with van der Waals surface area (Å²) in [5, 5.41) is 12.3. The molecule has 0 unspecified atom stereocenters. The summed E-state index contributed by atoms with van der Waals surface area (Å²) < 4.78 is 85.0. The Morgan fingerprint density at radius 2 is 1.32 bits per heavy atom. The summed E-state index contributed by atoms with van der Waals surface area (Å²) in [5.41, 5.74) is -3.26. The Morgan fingerprint density at radius 1 is 0.865 bits per heavy atom. The fourth-order valence-corrected chi connectivity index (χ4v) is 5.78. The number of carbonyl (C=O) groups excluding carboxylic acids is 1. The SMILES string of the molecule is Cc1ccc(S(=O)(=O)C[C@@H]([C@H](C)O)[C@@](F)(C(=O)NC(c2ccccc2)c2ccccc2)C(F)(F)F)cc1. The van der Waals surface area contributed by atoms with Crippen molar-refractivity contribution in [3.8, 4) is 0 Å². The maximum Gasteiger partial charge on any atom is 0.432 e. The van der Waals surface area contributed by atoms with Crippen LogP contribution in [0.1, 0.15) is 29.7 Å². The smallest absolute Gasteiger partial charge is 0.393 e. The monoisotopic (exact) mass is 537 g/mol. The standard InChI is InChI=1S/C27H27F4NO4S/c1-18-13-15-22(16-14-18)37(35,36)17-23(19(2)33)26(28,27(29,30)31)25(34)32-24(20-9-5-3-6-10-20)21-11-7-4-8-12-21/h3-16,19,23-24,33H,17H2,1-2H3,(H,32,34)/t19-,23-,26+/m0/s1. The van der Waals surface area contributed by atoms with Crippen molar-refractivity contribution >= 4 is 15.7 Å². The van der Waals surface area contributed by atoms with E-state index in [4.69, 9.17) is 0 Å². The molecule has 1 amide bonds. The average Bonchev–Trinajstić information content (AvgIpc) is 2.85. The minimum atomic E-state index is -5.83. The lowest BCUT2D eigenvalue weighted by atomic mass is 9.84. The number of rotatable bonds is 9. The van der Waals surface area contributed by atoms with Crippen LogP contribution in [0.3, 0.4) is 0 Å². The van der Waals surface area contributed by atoms with Crippen LogP contribution in [0.5, 0.6) is 0 Å². The fourth-order valence-electron chi connectivity index (χ4n) is 4.06. The van der Waals surface area contributed by atoms with Crippen LogP contribution in [0.2, 0.25) is 0 Å². The number of aryl methyl sites for hydroxylation is 1. The number of nitrogens with one attached hydrogen (secondary N) is 1. The first-order chi connectivity index (χ1) is 17.3. The third-order valence-electron chi connectivity index (χ3n) is 6.16. The highest BCUT2D eigenvalue weighted by Gasteiger charge is 2.68. The van der Waals surface area contributed by atoms with Crippen LogP contribution in [-0.2, 0) is 14.6 Å². The molecule has 2 N–H and O–H groups in total. The van der Waals surface area contributed by atoms with Gasteiger partial charge in [-0.25, -0.2) is 12.8 Å². The first-order valence-electron chi connectivity index (χ1n) is 11.4. The number of carbonyl (C=O) groups is 1. The molecule has 0 aliphatic rings. The minimum absolute atomic E-state index is 0.347. The van der Waals surface area contributed by atoms with E-state index in [2.05, 4.69) is 5.32 Å². The Bertz CT molecular complexity index is 1260. The molecule has 3 rings (SSSR count). The zero-order chi connectivity index (χ0) is 27.4. The lowest BCUT2D eigenvalue weighted by Crippen LogP contribution is -2.62. The first-order valence-corrected chi connectivity index (χ1v) is 13.1. The molecular weight excluding hydrogens is 510 g/mol. The van der Waals surface area contributed by atoms with Crippen molar-refractivity contribution in [3.05, 3.63) is 102 Å². The van der Waals surface area contributed by atoms with Crippen LogP contribution >= 0.6 is 0 Å². The van der Waals surface area contributed by atoms with E-state index in [1.54, 1.807) is 67.6 Å². The summed E-state index contributed by atoms with van der Waals surface area (Å²) in [6, 6.07) is 20.1. The zero-order valence-corrected chi connectivity index (χ0v) is 20.9. The molecule has 0 aliphatic carbocycles. The summed E-state index contributed by atoms with van der Waals surface area (Å²) in [4.78, 5) is 12.8. The minimum Gasteiger partial charge on any atom is -0.393 e. The van der Waals surface area contributed by atoms with Gasteiger partial charge >= 0.3 is 6.18 Å². The molecule has 37 heavy (non-hydrogen) atoms. The Hall–Kier alpha value is -3.24. The number of hydrogen-bond acceptors (Lipinski definition) is 4. The lowest BCUT2D eigenvalue weighted by Gasteiger charge is -2.36. The van der Waals surface area contributed by atoms with Crippen molar-refractivity contribution in [2.75, 3.05) is 5.75 Å². The van der Waals surface area contributed by atoms with E-state index in [-0.39, 0.29) is 4.90 Å². The van der Waals surface area contributed by atoms with Crippen molar-refractivity contribution in [2.45, 2.75) is 42.7 Å². The van der Waals surface area contributed by atoms with Crippen molar-refractivity contribution in [1.82, 2.24) is 5.32 Å². The third-order valence-corrected chi connectivity index (χ3v) is 7.94. The second-order valence-corrected chi connectivity index (χ2v) is 10.9. The Morgan fingerprint density at radius 3 is 1.73 bits per heavy atom. The molecule has 0 aromatic heterocycles. The number of amides is 1. The molecule has 0 heterocycles. The van der Waals surface area contributed by atoms with E-state index in [1.165, 1.54) is 24.3 Å². The lowest BCUT2D eigenvalue weighted by molar-refractivity contribution is -0.247. The molecule has 3 aromatic carbocycles. The largest absolute Gasteiger partial charge is 0.432 e. The van der Waals surface area contributed by atoms with Gasteiger partial charge in [0.05, 0.1) is 28.7 Å². The van der Waals surface area contributed by atoms with Gasteiger partial charge in [0.15, 0.2) is 9.84 Å². The molecule has 10 heteroatoms. The van der Waals surface area contributed by atoms with Gasteiger partial charge < -0.3 is 10.4 Å². The maximum absolute atomic E-state index is 16.1. The average molecular weight is 538 g/mol. The predicted molar refractivity (Wildman–Crippen MR) is 131 cm³/mol. The summed E-state index contributed by atoms with van der Waals surface area (Å²) in [6.07, 6.45) is -7.97. The van der Waals surface area contributed by atoms with E-state index < -0.39 is 51.4 Å². The highest BCUT2D eigenvalue weighted by atomic mass is 32.2. The maximum atomic E-state index is 16.1. The first kappa shape index (κ1) is 28.3. The molecule has 0 spiro atoms. The van der Waals surface area contributed by atoms with Crippen molar-refractivity contribution < 1.29 is 35.9 Å². The Kier molecular flexibility index (Phi) is 8.44. The van der Waals surface area contributed by atoms with Crippen LogP contribution in [-0.4, -0.2) is 43.1 Å².